The van der Waals surface area contributed by atoms with Gasteiger partial charge >= 0.3 is 0 Å². The van der Waals surface area contributed by atoms with Crippen LogP contribution in [0.3, 0.4) is 0 Å². The van der Waals surface area contributed by atoms with Gasteiger partial charge in [-0.1, -0.05) is 18.2 Å². The summed E-state index contributed by atoms with van der Waals surface area (Å²) in [6.07, 6.45) is 2.47. The third-order valence-electron chi connectivity index (χ3n) is 2.28. The minimum absolute atomic E-state index is 0.182. The summed E-state index contributed by atoms with van der Waals surface area (Å²) in [6, 6.07) is 7.91. The lowest BCUT2D eigenvalue weighted by Gasteiger charge is -2.10. The molecule has 4 heteroatoms. The predicted molar refractivity (Wildman–Crippen MR) is 53.0 cm³/mol. The van der Waals surface area contributed by atoms with Crippen molar-refractivity contribution in [2.45, 2.75) is 6.42 Å². The summed E-state index contributed by atoms with van der Waals surface area (Å²) >= 11 is 0. The maximum atomic E-state index is 10.4. The molecule has 14 heavy (non-hydrogen) atoms. The highest BCUT2D eigenvalue weighted by atomic mass is 16.8. The molecule has 1 heterocycles. The molecule has 1 unspecified atom stereocenters. The summed E-state index contributed by atoms with van der Waals surface area (Å²) in [4.78, 5) is 3.12. The number of para-hydroxylation sites is 1. The maximum Gasteiger partial charge on any atom is 0.111 e. The lowest BCUT2D eigenvalue weighted by atomic mass is 10.1. The van der Waals surface area contributed by atoms with E-state index < -0.39 is 5.23 Å². The first-order chi connectivity index (χ1) is 6.77. The molecule has 1 aromatic carbocycles. The molecule has 3 N–H and O–H groups in total. The van der Waals surface area contributed by atoms with Crippen molar-refractivity contribution in [1.82, 2.24) is 4.98 Å². The smallest absolute Gasteiger partial charge is 0.111 e. The zero-order valence-corrected chi connectivity index (χ0v) is 7.66. The highest BCUT2D eigenvalue weighted by molar-refractivity contribution is 5.82. The summed E-state index contributed by atoms with van der Waals surface area (Å²) in [5, 5.41) is 19.4. The summed E-state index contributed by atoms with van der Waals surface area (Å²) in [5.41, 5.74) is 2.14. The predicted octanol–water partition coefficient (Wildman–Crippen LogP) is 0.482. The Hall–Kier alpha value is -1.36. The number of hydroxylamine groups is 2. The molecular weight excluding hydrogens is 180 g/mol. The number of hydrogen-bond acceptors (Lipinski definition) is 2. The van der Waals surface area contributed by atoms with E-state index in [0.717, 1.165) is 16.5 Å². The van der Waals surface area contributed by atoms with E-state index in [4.69, 9.17) is 5.21 Å². The van der Waals surface area contributed by atoms with E-state index in [2.05, 4.69) is 4.98 Å². The molecule has 2 rings (SSSR count). The molecule has 0 radical (unpaired) electrons. The van der Waals surface area contributed by atoms with Crippen molar-refractivity contribution >= 4 is 10.9 Å². The number of benzene rings is 1. The van der Waals surface area contributed by atoms with E-state index in [1.54, 1.807) is 0 Å². The van der Waals surface area contributed by atoms with Crippen LogP contribution < -0.4 is 5.23 Å². The van der Waals surface area contributed by atoms with Crippen LogP contribution in [0.2, 0.25) is 0 Å². The number of nitrogens with one attached hydrogen (secondary N) is 2. The van der Waals surface area contributed by atoms with Crippen molar-refractivity contribution in [2.75, 3.05) is 6.54 Å². The molecule has 74 valence electrons. The van der Waals surface area contributed by atoms with Crippen LogP contribution in [-0.4, -0.2) is 16.7 Å². The Kier molecular flexibility index (Phi) is 2.49. The fourth-order valence-electron chi connectivity index (χ4n) is 1.58. The molecule has 2 aromatic rings. The van der Waals surface area contributed by atoms with Crippen molar-refractivity contribution in [3.8, 4) is 0 Å². The van der Waals surface area contributed by atoms with Gasteiger partial charge in [0.2, 0.25) is 0 Å². The van der Waals surface area contributed by atoms with Crippen molar-refractivity contribution in [1.29, 1.82) is 0 Å². The largest absolute Gasteiger partial charge is 0.600 e. The van der Waals surface area contributed by atoms with E-state index in [1.165, 1.54) is 0 Å². The molecule has 4 nitrogen and oxygen atoms in total. The van der Waals surface area contributed by atoms with E-state index in [-0.39, 0.29) is 6.54 Å². The Labute approximate surface area is 81.3 Å². The standard InChI is InChI=1S/C10H12N2O2/c13-12(14)6-5-8-7-11-10-4-2-1-3-9(8)10/h1-4,7,11-13H,5-6H2. The van der Waals surface area contributed by atoms with Crippen LogP contribution in [0.25, 0.3) is 10.9 Å². The molecule has 0 fully saturated rings. The second-order valence-electron chi connectivity index (χ2n) is 3.25. The second-order valence-corrected chi connectivity index (χ2v) is 3.25. The van der Waals surface area contributed by atoms with Gasteiger partial charge < -0.3 is 10.2 Å². The van der Waals surface area contributed by atoms with E-state index >= 15 is 0 Å². The van der Waals surface area contributed by atoms with Crippen LogP contribution in [0, 0.1) is 5.21 Å². The van der Waals surface area contributed by atoms with Gasteiger partial charge in [0.05, 0.1) is 0 Å². The SMILES string of the molecule is [O-][NH+](O)CCc1c[nH]c2ccccc12. The number of rotatable bonds is 3. The minimum atomic E-state index is -0.754. The van der Waals surface area contributed by atoms with Gasteiger partial charge in [-0.05, 0) is 11.6 Å². The van der Waals surface area contributed by atoms with E-state index in [9.17, 15) is 5.21 Å². The lowest BCUT2D eigenvalue weighted by molar-refractivity contribution is -1.05. The third kappa shape index (κ3) is 1.77. The van der Waals surface area contributed by atoms with Crippen LogP contribution >= 0.6 is 0 Å². The number of fused-ring (bicyclic) bond motifs is 1. The molecule has 0 aliphatic carbocycles. The number of hydrogen-bond donors (Lipinski definition) is 3. The lowest BCUT2D eigenvalue weighted by Crippen LogP contribution is -3.04. The minimum Gasteiger partial charge on any atom is -0.600 e. The fourth-order valence-corrected chi connectivity index (χ4v) is 1.58. The van der Waals surface area contributed by atoms with Gasteiger partial charge in [0.15, 0.2) is 0 Å². The van der Waals surface area contributed by atoms with Gasteiger partial charge in [-0.2, -0.15) is 0 Å². The van der Waals surface area contributed by atoms with Gasteiger partial charge in [0, 0.05) is 23.5 Å². The normalized spacial score (nSPS) is 13.3. The topological polar surface area (TPSA) is 63.5 Å². The second kappa shape index (κ2) is 3.79. The molecule has 0 aliphatic heterocycles. The Morgan fingerprint density at radius 2 is 2.14 bits per heavy atom. The Morgan fingerprint density at radius 1 is 1.36 bits per heavy atom. The number of H-pyrrole nitrogens is 1. The van der Waals surface area contributed by atoms with Crippen LogP contribution in [-0.2, 0) is 6.42 Å². The van der Waals surface area contributed by atoms with Crippen LogP contribution in [0.4, 0.5) is 0 Å². The quantitative estimate of drug-likeness (QED) is 0.619. The highest BCUT2D eigenvalue weighted by Crippen LogP contribution is 2.17. The number of aromatic amines is 1. The zero-order chi connectivity index (χ0) is 9.97. The number of aromatic nitrogens is 1. The molecule has 0 aliphatic rings. The maximum absolute atomic E-state index is 10.4. The van der Waals surface area contributed by atoms with Gasteiger partial charge in [-0.15, -0.1) is 0 Å². The van der Waals surface area contributed by atoms with Crippen LogP contribution in [0.15, 0.2) is 30.5 Å². The Bertz CT molecular complexity index is 423. The monoisotopic (exact) mass is 192 g/mol. The van der Waals surface area contributed by atoms with Gasteiger partial charge in [-0.25, -0.2) is 10.4 Å². The van der Waals surface area contributed by atoms with Crippen molar-refractivity contribution in [3.63, 3.8) is 0 Å². The Morgan fingerprint density at radius 3 is 2.93 bits per heavy atom. The molecule has 1 aromatic heterocycles. The van der Waals surface area contributed by atoms with Gasteiger partial charge in [-0.3, -0.25) is 0 Å². The van der Waals surface area contributed by atoms with Crippen molar-refractivity contribution in [2.24, 2.45) is 0 Å². The van der Waals surface area contributed by atoms with E-state index in [1.807, 2.05) is 30.5 Å². The summed E-state index contributed by atoms with van der Waals surface area (Å²) < 4.78 is 0. The zero-order valence-electron chi connectivity index (χ0n) is 7.66. The Balaban J connectivity index is 2.25. The van der Waals surface area contributed by atoms with E-state index in [0.29, 0.717) is 6.42 Å². The third-order valence-corrected chi connectivity index (χ3v) is 2.28. The molecule has 0 bridgehead atoms. The first-order valence-electron chi connectivity index (χ1n) is 4.54. The number of quaternary nitrogens is 1. The first-order valence-corrected chi connectivity index (χ1v) is 4.54. The molecule has 0 saturated carbocycles. The summed E-state index contributed by atoms with van der Waals surface area (Å²) in [7, 11) is 0. The highest BCUT2D eigenvalue weighted by Gasteiger charge is 2.03. The van der Waals surface area contributed by atoms with Gasteiger partial charge in [0.25, 0.3) is 0 Å². The summed E-state index contributed by atoms with van der Waals surface area (Å²) in [5.74, 6) is 0. The first kappa shape index (κ1) is 9.21. The fraction of sp³-hybridized carbons (Fsp3) is 0.200. The van der Waals surface area contributed by atoms with Gasteiger partial charge in [0.1, 0.15) is 6.54 Å². The molecule has 1 atom stereocenters. The average Bonchev–Trinajstić information content (AvgIpc) is 2.58. The van der Waals surface area contributed by atoms with Crippen LogP contribution in [0.5, 0.6) is 0 Å². The molecule has 0 amide bonds. The van der Waals surface area contributed by atoms with Crippen molar-refractivity contribution < 1.29 is 10.4 Å². The van der Waals surface area contributed by atoms with Crippen LogP contribution in [0.1, 0.15) is 5.56 Å². The summed E-state index contributed by atoms with van der Waals surface area (Å²) in [6.45, 7) is 0.182. The average molecular weight is 192 g/mol. The molecule has 0 spiro atoms. The molecular formula is C10H12N2O2. The molecule has 0 saturated heterocycles. The van der Waals surface area contributed by atoms with Crippen molar-refractivity contribution in [3.05, 3.63) is 41.2 Å².